The maximum atomic E-state index is 12.0. The summed E-state index contributed by atoms with van der Waals surface area (Å²) in [6, 6.07) is 7.75. The Hall–Kier alpha value is -1.51. The topological polar surface area (TPSA) is 35.5 Å². The van der Waals surface area contributed by atoms with Crippen LogP contribution in [0.4, 0.5) is 0 Å². The fraction of sp³-hybridized carbons (Fsp3) is 0.562. The van der Waals surface area contributed by atoms with Gasteiger partial charge in [-0.25, -0.2) is 0 Å². The van der Waals surface area contributed by atoms with E-state index >= 15 is 0 Å². The van der Waals surface area contributed by atoms with Crippen LogP contribution in [0.5, 0.6) is 5.75 Å². The van der Waals surface area contributed by atoms with Crippen molar-refractivity contribution in [3.8, 4) is 5.75 Å². The van der Waals surface area contributed by atoms with Gasteiger partial charge in [-0.1, -0.05) is 37.8 Å². The van der Waals surface area contributed by atoms with Crippen LogP contribution in [-0.2, 0) is 9.53 Å². The number of benzene rings is 1. The molecule has 1 aromatic carbocycles. The van der Waals surface area contributed by atoms with Gasteiger partial charge in [0.1, 0.15) is 5.75 Å². The summed E-state index contributed by atoms with van der Waals surface area (Å²) in [5, 5.41) is 0. The number of methoxy groups -OCH3 is 2. The summed E-state index contributed by atoms with van der Waals surface area (Å²) in [6.45, 7) is 0. The van der Waals surface area contributed by atoms with Gasteiger partial charge in [0.15, 0.2) is 0 Å². The Kier molecular flexibility index (Phi) is 4.83. The van der Waals surface area contributed by atoms with Gasteiger partial charge < -0.3 is 9.47 Å². The quantitative estimate of drug-likeness (QED) is 0.761. The lowest BCUT2D eigenvalue weighted by Gasteiger charge is -2.19. The highest BCUT2D eigenvalue weighted by Gasteiger charge is 2.27. The maximum absolute atomic E-state index is 12.0. The van der Waals surface area contributed by atoms with E-state index in [9.17, 15) is 4.79 Å². The first kappa shape index (κ1) is 13.9. The van der Waals surface area contributed by atoms with Gasteiger partial charge in [-0.2, -0.15) is 0 Å². The van der Waals surface area contributed by atoms with Gasteiger partial charge in [-0.05, 0) is 30.0 Å². The summed E-state index contributed by atoms with van der Waals surface area (Å²) in [7, 11) is 3.10. The zero-order valence-corrected chi connectivity index (χ0v) is 11.7. The molecule has 1 aliphatic carbocycles. The lowest BCUT2D eigenvalue weighted by molar-refractivity contribution is -0.142. The number of rotatable bonds is 5. The highest BCUT2D eigenvalue weighted by Crippen LogP contribution is 2.35. The fourth-order valence-corrected chi connectivity index (χ4v) is 2.95. The van der Waals surface area contributed by atoms with E-state index in [1.54, 1.807) is 7.11 Å². The molecule has 0 spiro atoms. The molecule has 2 rings (SSSR count). The molecule has 0 bridgehead atoms. The van der Waals surface area contributed by atoms with Crippen molar-refractivity contribution in [3.63, 3.8) is 0 Å². The third kappa shape index (κ3) is 3.49. The molecule has 104 valence electrons. The molecule has 0 N–H and O–H groups in total. The van der Waals surface area contributed by atoms with Crippen molar-refractivity contribution >= 4 is 5.97 Å². The molecule has 19 heavy (non-hydrogen) atoms. The van der Waals surface area contributed by atoms with E-state index in [0.29, 0.717) is 5.92 Å². The highest BCUT2D eigenvalue weighted by atomic mass is 16.5. The molecule has 0 heterocycles. The summed E-state index contributed by atoms with van der Waals surface area (Å²) < 4.78 is 10.2. The summed E-state index contributed by atoms with van der Waals surface area (Å²) in [5.41, 5.74) is 0.998. The monoisotopic (exact) mass is 262 g/mol. The van der Waals surface area contributed by atoms with E-state index in [2.05, 4.69) is 0 Å². The number of carbonyl (C=O) groups excluding carboxylic acids is 1. The molecule has 0 radical (unpaired) electrons. The molecule has 0 saturated heterocycles. The minimum Gasteiger partial charge on any atom is -0.497 e. The van der Waals surface area contributed by atoms with Crippen molar-refractivity contribution in [2.45, 2.75) is 38.0 Å². The molecule has 1 aromatic rings. The minimum atomic E-state index is -0.164. The minimum absolute atomic E-state index is 0.139. The molecule has 1 aliphatic rings. The molecule has 1 fully saturated rings. The van der Waals surface area contributed by atoms with Crippen molar-refractivity contribution in [3.05, 3.63) is 29.8 Å². The van der Waals surface area contributed by atoms with E-state index in [4.69, 9.17) is 9.47 Å². The molecule has 3 nitrogen and oxygen atoms in total. The Bertz CT molecular complexity index is 422. The molecule has 0 amide bonds. The van der Waals surface area contributed by atoms with Crippen molar-refractivity contribution in [1.82, 2.24) is 0 Å². The average molecular weight is 262 g/mol. The second kappa shape index (κ2) is 6.60. The maximum Gasteiger partial charge on any atom is 0.313 e. The van der Waals surface area contributed by atoms with Gasteiger partial charge in [0.2, 0.25) is 0 Å². The van der Waals surface area contributed by atoms with Crippen LogP contribution < -0.4 is 4.74 Å². The molecular weight excluding hydrogens is 240 g/mol. The Morgan fingerprint density at radius 3 is 2.68 bits per heavy atom. The molecule has 0 aliphatic heterocycles. The van der Waals surface area contributed by atoms with E-state index in [-0.39, 0.29) is 11.9 Å². The van der Waals surface area contributed by atoms with Crippen LogP contribution in [0.3, 0.4) is 0 Å². The average Bonchev–Trinajstić information content (AvgIpc) is 2.97. The second-order valence-corrected chi connectivity index (χ2v) is 5.24. The molecule has 0 unspecified atom stereocenters. The molecule has 3 heteroatoms. The third-order valence-corrected chi connectivity index (χ3v) is 4.03. The smallest absolute Gasteiger partial charge is 0.313 e. The van der Waals surface area contributed by atoms with Crippen molar-refractivity contribution in [2.75, 3.05) is 14.2 Å². The SMILES string of the molecule is COC(=O)[C@H](CC1CCCC1)c1cccc(OC)c1. The summed E-state index contributed by atoms with van der Waals surface area (Å²) in [4.78, 5) is 12.0. The number of hydrogen-bond donors (Lipinski definition) is 0. The van der Waals surface area contributed by atoms with Gasteiger partial charge >= 0.3 is 5.97 Å². The van der Waals surface area contributed by atoms with Crippen LogP contribution in [0.1, 0.15) is 43.6 Å². The number of hydrogen-bond acceptors (Lipinski definition) is 3. The van der Waals surface area contributed by atoms with E-state index < -0.39 is 0 Å². The summed E-state index contributed by atoms with van der Waals surface area (Å²) >= 11 is 0. The first-order valence-electron chi connectivity index (χ1n) is 6.96. The van der Waals surface area contributed by atoms with Gasteiger partial charge in [0.05, 0.1) is 20.1 Å². The van der Waals surface area contributed by atoms with Gasteiger partial charge in [-0.15, -0.1) is 0 Å². The Balaban J connectivity index is 2.17. The predicted octanol–water partition coefficient (Wildman–Crippen LogP) is 3.53. The Morgan fingerprint density at radius 1 is 1.32 bits per heavy atom. The molecule has 0 aromatic heterocycles. The summed E-state index contributed by atoms with van der Waals surface area (Å²) in [6.07, 6.45) is 5.93. The first-order valence-corrected chi connectivity index (χ1v) is 6.96. The molecule has 1 atom stereocenters. The fourth-order valence-electron chi connectivity index (χ4n) is 2.95. The molecular formula is C16H22O3. The van der Waals surface area contributed by atoms with E-state index in [1.807, 2.05) is 24.3 Å². The highest BCUT2D eigenvalue weighted by molar-refractivity contribution is 5.78. The van der Waals surface area contributed by atoms with Crippen LogP contribution in [-0.4, -0.2) is 20.2 Å². The largest absolute Gasteiger partial charge is 0.497 e. The normalized spacial score (nSPS) is 17.2. The van der Waals surface area contributed by atoms with Gasteiger partial charge in [0.25, 0.3) is 0 Å². The van der Waals surface area contributed by atoms with Crippen LogP contribution in [0.25, 0.3) is 0 Å². The molecule has 1 saturated carbocycles. The van der Waals surface area contributed by atoms with Crippen molar-refractivity contribution < 1.29 is 14.3 Å². The standard InChI is InChI=1S/C16H22O3/c1-18-14-9-5-8-13(11-14)15(16(17)19-2)10-12-6-3-4-7-12/h5,8-9,11-12,15H,3-4,6-7,10H2,1-2H3/t15-/m1/s1. The van der Waals surface area contributed by atoms with Crippen LogP contribution in [0.15, 0.2) is 24.3 Å². The number of esters is 1. The lowest BCUT2D eigenvalue weighted by atomic mass is 9.88. The Morgan fingerprint density at radius 2 is 2.05 bits per heavy atom. The first-order chi connectivity index (χ1) is 9.24. The summed E-state index contributed by atoms with van der Waals surface area (Å²) in [5.74, 6) is 1.14. The number of carbonyl (C=O) groups is 1. The van der Waals surface area contributed by atoms with Crippen LogP contribution in [0.2, 0.25) is 0 Å². The van der Waals surface area contributed by atoms with Gasteiger partial charge in [0, 0.05) is 0 Å². The number of ether oxygens (including phenoxy) is 2. The Labute approximate surface area is 114 Å². The van der Waals surface area contributed by atoms with Crippen LogP contribution in [0, 0.1) is 5.92 Å². The van der Waals surface area contributed by atoms with Gasteiger partial charge in [-0.3, -0.25) is 4.79 Å². The third-order valence-electron chi connectivity index (χ3n) is 4.03. The second-order valence-electron chi connectivity index (χ2n) is 5.24. The van der Waals surface area contributed by atoms with E-state index in [0.717, 1.165) is 17.7 Å². The lowest BCUT2D eigenvalue weighted by Crippen LogP contribution is -2.17. The zero-order chi connectivity index (χ0) is 13.7. The van der Waals surface area contributed by atoms with Crippen molar-refractivity contribution in [2.24, 2.45) is 5.92 Å². The van der Waals surface area contributed by atoms with Crippen molar-refractivity contribution in [1.29, 1.82) is 0 Å². The predicted molar refractivity (Wildman–Crippen MR) is 74.3 cm³/mol. The van der Waals surface area contributed by atoms with Crippen LogP contribution >= 0.6 is 0 Å². The van der Waals surface area contributed by atoms with E-state index in [1.165, 1.54) is 32.8 Å². The zero-order valence-electron chi connectivity index (χ0n) is 11.7.